The Bertz CT molecular complexity index is 302. The molecule has 100 valence electrons. The van der Waals surface area contributed by atoms with E-state index in [1.807, 2.05) is 12.1 Å². The minimum Gasteiger partial charge on any atom is -0.469 e. The van der Waals surface area contributed by atoms with Gasteiger partial charge >= 0.3 is 5.97 Å². The Morgan fingerprint density at radius 2 is 2.00 bits per heavy atom. The largest absolute Gasteiger partial charge is 0.469 e. The molecule has 0 saturated carbocycles. The minimum atomic E-state index is -0.275. The van der Waals surface area contributed by atoms with Gasteiger partial charge < -0.3 is 4.74 Å². The monoisotopic (exact) mass is 249 g/mol. The molecular formula is C15H23NO2. The summed E-state index contributed by atoms with van der Waals surface area (Å²) in [5.74, 6) is -0.531. The topological polar surface area (TPSA) is 50.1 Å². The van der Waals surface area contributed by atoms with Crippen LogP contribution < -0.4 is 0 Å². The fourth-order valence-electron chi connectivity index (χ4n) is 1.79. The van der Waals surface area contributed by atoms with Crippen molar-refractivity contribution >= 4 is 5.97 Å². The SMILES string of the molecule is C=CCCCCCCCC(C=CC#N)C(=O)OC. The first-order valence-electron chi connectivity index (χ1n) is 6.51. The lowest BCUT2D eigenvalue weighted by Crippen LogP contribution is -2.13. The van der Waals surface area contributed by atoms with E-state index in [9.17, 15) is 4.79 Å². The van der Waals surface area contributed by atoms with Crippen molar-refractivity contribution < 1.29 is 9.53 Å². The molecule has 0 rings (SSSR count). The van der Waals surface area contributed by atoms with Crippen LogP contribution >= 0.6 is 0 Å². The van der Waals surface area contributed by atoms with Crippen LogP contribution in [-0.2, 0) is 9.53 Å². The summed E-state index contributed by atoms with van der Waals surface area (Å²) in [6.45, 7) is 3.69. The maximum absolute atomic E-state index is 11.4. The number of methoxy groups -OCH3 is 1. The molecule has 1 atom stereocenters. The van der Waals surface area contributed by atoms with Crippen LogP contribution in [0.15, 0.2) is 24.8 Å². The van der Waals surface area contributed by atoms with Crippen LogP contribution in [0.25, 0.3) is 0 Å². The highest BCUT2D eigenvalue weighted by Crippen LogP contribution is 2.15. The maximum atomic E-state index is 11.4. The van der Waals surface area contributed by atoms with E-state index in [1.54, 1.807) is 6.08 Å². The van der Waals surface area contributed by atoms with Crippen molar-refractivity contribution in [1.82, 2.24) is 0 Å². The van der Waals surface area contributed by atoms with E-state index in [-0.39, 0.29) is 11.9 Å². The van der Waals surface area contributed by atoms with Crippen molar-refractivity contribution in [3.8, 4) is 6.07 Å². The molecule has 1 unspecified atom stereocenters. The Balaban J connectivity index is 3.77. The molecule has 0 fully saturated rings. The number of ether oxygens (including phenoxy) is 1. The number of hydrogen-bond acceptors (Lipinski definition) is 3. The van der Waals surface area contributed by atoms with Crippen molar-refractivity contribution in [3.05, 3.63) is 24.8 Å². The number of unbranched alkanes of at least 4 members (excludes halogenated alkanes) is 5. The Hall–Kier alpha value is -1.56. The molecule has 0 radical (unpaired) electrons. The summed E-state index contributed by atoms with van der Waals surface area (Å²) in [5.41, 5.74) is 0. The lowest BCUT2D eigenvalue weighted by Gasteiger charge is -2.09. The van der Waals surface area contributed by atoms with Gasteiger partial charge in [-0.1, -0.05) is 37.8 Å². The summed E-state index contributed by atoms with van der Waals surface area (Å²) in [6, 6.07) is 1.90. The van der Waals surface area contributed by atoms with Gasteiger partial charge in [0.15, 0.2) is 0 Å². The van der Waals surface area contributed by atoms with E-state index in [0.29, 0.717) is 0 Å². The molecule has 3 nitrogen and oxygen atoms in total. The van der Waals surface area contributed by atoms with Crippen LogP contribution in [-0.4, -0.2) is 13.1 Å². The normalized spacial score (nSPS) is 12.0. The van der Waals surface area contributed by atoms with E-state index < -0.39 is 0 Å². The highest BCUT2D eigenvalue weighted by Gasteiger charge is 2.14. The molecule has 0 heterocycles. The van der Waals surface area contributed by atoms with Crippen LogP contribution in [0.4, 0.5) is 0 Å². The Morgan fingerprint density at radius 3 is 2.61 bits per heavy atom. The van der Waals surface area contributed by atoms with E-state index in [2.05, 4.69) is 6.58 Å². The van der Waals surface area contributed by atoms with Gasteiger partial charge in [-0.3, -0.25) is 4.79 Å². The number of carbonyl (C=O) groups is 1. The molecule has 0 aliphatic rings. The number of nitriles is 1. The Morgan fingerprint density at radius 1 is 1.33 bits per heavy atom. The molecule has 0 N–H and O–H groups in total. The zero-order valence-electron chi connectivity index (χ0n) is 11.2. The summed E-state index contributed by atoms with van der Waals surface area (Å²) in [4.78, 5) is 11.4. The molecule has 0 aromatic rings. The lowest BCUT2D eigenvalue weighted by atomic mass is 10.00. The minimum absolute atomic E-state index is 0.256. The standard InChI is InChI=1S/C15H23NO2/c1-3-4-5-6-7-8-9-11-14(12-10-13-16)15(17)18-2/h3,10,12,14H,1,4-9,11H2,2H3. The summed E-state index contributed by atoms with van der Waals surface area (Å²) in [7, 11) is 1.38. The summed E-state index contributed by atoms with van der Waals surface area (Å²) in [5, 5.41) is 8.46. The molecule has 3 heteroatoms. The number of hydrogen-bond donors (Lipinski definition) is 0. The van der Waals surface area contributed by atoms with Crippen LogP contribution in [0.1, 0.15) is 44.9 Å². The first-order chi connectivity index (χ1) is 8.76. The maximum Gasteiger partial charge on any atom is 0.312 e. The van der Waals surface area contributed by atoms with Crippen LogP contribution in [0.5, 0.6) is 0 Å². The molecule has 18 heavy (non-hydrogen) atoms. The lowest BCUT2D eigenvalue weighted by molar-refractivity contribution is -0.143. The molecular weight excluding hydrogens is 226 g/mol. The van der Waals surface area contributed by atoms with Crippen LogP contribution in [0.3, 0.4) is 0 Å². The van der Waals surface area contributed by atoms with Gasteiger partial charge in [0, 0.05) is 6.08 Å². The predicted octanol–water partition coefficient (Wildman–Crippen LogP) is 3.77. The van der Waals surface area contributed by atoms with Gasteiger partial charge in [-0.25, -0.2) is 0 Å². The number of nitrogens with zero attached hydrogens (tertiary/aromatic N) is 1. The zero-order valence-corrected chi connectivity index (χ0v) is 11.2. The average Bonchev–Trinajstić information content (AvgIpc) is 2.40. The van der Waals surface area contributed by atoms with E-state index >= 15 is 0 Å². The van der Waals surface area contributed by atoms with Crippen molar-refractivity contribution in [2.24, 2.45) is 5.92 Å². The summed E-state index contributed by atoms with van der Waals surface area (Å²) >= 11 is 0. The number of esters is 1. The first kappa shape index (κ1) is 16.4. The molecule has 0 aromatic heterocycles. The number of carbonyl (C=O) groups excluding carboxylic acids is 1. The van der Waals surface area contributed by atoms with Gasteiger partial charge in [0.2, 0.25) is 0 Å². The number of allylic oxidation sites excluding steroid dienone is 2. The molecule has 0 bridgehead atoms. The molecule has 0 aromatic carbocycles. The quantitative estimate of drug-likeness (QED) is 0.256. The number of rotatable bonds is 10. The van der Waals surface area contributed by atoms with Gasteiger partial charge in [-0.15, -0.1) is 6.58 Å². The molecule has 0 amide bonds. The highest BCUT2D eigenvalue weighted by molar-refractivity contribution is 5.74. The highest BCUT2D eigenvalue weighted by atomic mass is 16.5. The third-order valence-corrected chi connectivity index (χ3v) is 2.83. The third kappa shape index (κ3) is 8.58. The smallest absolute Gasteiger partial charge is 0.312 e. The van der Waals surface area contributed by atoms with Gasteiger partial charge in [0.05, 0.1) is 19.1 Å². The zero-order chi connectivity index (χ0) is 13.6. The fourth-order valence-corrected chi connectivity index (χ4v) is 1.79. The van der Waals surface area contributed by atoms with E-state index in [0.717, 1.165) is 25.7 Å². The van der Waals surface area contributed by atoms with Gasteiger partial charge in [0.1, 0.15) is 0 Å². The van der Waals surface area contributed by atoms with Gasteiger partial charge in [-0.2, -0.15) is 5.26 Å². The van der Waals surface area contributed by atoms with Gasteiger partial charge in [0.25, 0.3) is 0 Å². The average molecular weight is 249 g/mol. The van der Waals surface area contributed by atoms with Gasteiger partial charge in [-0.05, 0) is 19.3 Å². The van der Waals surface area contributed by atoms with E-state index in [1.165, 1.54) is 32.4 Å². The second kappa shape index (κ2) is 11.9. The predicted molar refractivity (Wildman–Crippen MR) is 72.8 cm³/mol. The molecule has 0 aliphatic heterocycles. The second-order valence-corrected chi connectivity index (χ2v) is 4.25. The first-order valence-corrected chi connectivity index (χ1v) is 6.51. The van der Waals surface area contributed by atoms with Crippen molar-refractivity contribution in [1.29, 1.82) is 5.26 Å². The van der Waals surface area contributed by atoms with Crippen molar-refractivity contribution in [2.45, 2.75) is 44.9 Å². The Kier molecular flexibility index (Phi) is 10.9. The summed E-state index contributed by atoms with van der Waals surface area (Å²) < 4.78 is 4.71. The van der Waals surface area contributed by atoms with E-state index in [4.69, 9.17) is 10.00 Å². The molecule has 0 aliphatic carbocycles. The van der Waals surface area contributed by atoms with Crippen LogP contribution in [0, 0.1) is 17.2 Å². The Labute approximate surface area is 110 Å². The molecule has 0 spiro atoms. The van der Waals surface area contributed by atoms with Crippen LogP contribution in [0.2, 0.25) is 0 Å². The fraction of sp³-hybridized carbons (Fsp3) is 0.600. The van der Waals surface area contributed by atoms with Crippen molar-refractivity contribution in [3.63, 3.8) is 0 Å². The second-order valence-electron chi connectivity index (χ2n) is 4.25. The van der Waals surface area contributed by atoms with Crippen molar-refractivity contribution in [2.75, 3.05) is 7.11 Å². The molecule has 0 saturated heterocycles. The summed E-state index contributed by atoms with van der Waals surface area (Å²) in [6.07, 6.45) is 12.5. The third-order valence-electron chi connectivity index (χ3n) is 2.83.